The van der Waals surface area contributed by atoms with Gasteiger partial charge in [-0.3, -0.25) is 0 Å². The number of carboxylic acids is 1. The highest BCUT2D eigenvalue weighted by Gasteiger charge is 2.14. The molecular formula is C11H19NO3. The molecule has 1 heterocycles. The number of nitrogens with one attached hydrogen (secondary N) is 1. The van der Waals surface area contributed by atoms with Gasteiger partial charge in [-0.1, -0.05) is 5.57 Å². The van der Waals surface area contributed by atoms with Crippen LogP contribution >= 0.6 is 0 Å². The van der Waals surface area contributed by atoms with E-state index in [1.807, 2.05) is 6.92 Å². The van der Waals surface area contributed by atoms with Crippen LogP contribution in [0.2, 0.25) is 0 Å². The predicted molar refractivity (Wildman–Crippen MR) is 57.9 cm³/mol. The van der Waals surface area contributed by atoms with E-state index < -0.39 is 5.97 Å². The molecule has 0 amide bonds. The highest BCUT2D eigenvalue weighted by atomic mass is 16.5. The van der Waals surface area contributed by atoms with E-state index in [-0.39, 0.29) is 0 Å². The van der Waals surface area contributed by atoms with Crippen molar-refractivity contribution in [2.75, 3.05) is 19.7 Å². The largest absolute Gasteiger partial charge is 0.478 e. The van der Waals surface area contributed by atoms with Crippen LogP contribution in [0.3, 0.4) is 0 Å². The van der Waals surface area contributed by atoms with Crippen LogP contribution in [0.5, 0.6) is 0 Å². The van der Waals surface area contributed by atoms with E-state index in [4.69, 9.17) is 9.84 Å². The van der Waals surface area contributed by atoms with Crippen molar-refractivity contribution >= 4 is 5.97 Å². The molecule has 1 atom stereocenters. The monoisotopic (exact) mass is 213 g/mol. The van der Waals surface area contributed by atoms with E-state index in [0.717, 1.165) is 31.6 Å². The smallest absolute Gasteiger partial charge is 0.328 e. The van der Waals surface area contributed by atoms with E-state index in [2.05, 4.69) is 5.32 Å². The third-order valence-corrected chi connectivity index (χ3v) is 2.44. The summed E-state index contributed by atoms with van der Waals surface area (Å²) in [6, 6.07) is 0. The fraction of sp³-hybridized carbons (Fsp3) is 0.727. The molecule has 0 saturated carbocycles. The number of aliphatic carboxylic acids is 1. The lowest BCUT2D eigenvalue weighted by molar-refractivity contribution is -0.131. The molecular weight excluding hydrogens is 194 g/mol. The van der Waals surface area contributed by atoms with Crippen molar-refractivity contribution in [2.45, 2.75) is 32.3 Å². The summed E-state index contributed by atoms with van der Waals surface area (Å²) in [5, 5.41) is 11.7. The molecule has 1 saturated heterocycles. The molecule has 2 N–H and O–H groups in total. The van der Waals surface area contributed by atoms with Gasteiger partial charge >= 0.3 is 5.97 Å². The van der Waals surface area contributed by atoms with E-state index in [0.29, 0.717) is 12.6 Å². The lowest BCUT2D eigenvalue weighted by atomic mass is 10.2. The Bertz CT molecular complexity index is 232. The molecule has 1 aliphatic rings. The molecule has 1 aliphatic heterocycles. The molecule has 1 unspecified atom stereocenters. The number of carboxylic acid groups (broad SMARTS) is 1. The Balaban J connectivity index is 2.03. The van der Waals surface area contributed by atoms with Gasteiger partial charge in [-0.15, -0.1) is 0 Å². The summed E-state index contributed by atoms with van der Waals surface area (Å²) >= 11 is 0. The maximum Gasteiger partial charge on any atom is 0.328 e. The number of carbonyl (C=O) groups is 1. The van der Waals surface area contributed by atoms with Crippen LogP contribution in [0.4, 0.5) is 0 Å². The number of rotatable bonds is 6. The average molecular weight is 213 g/mol. The van der Waals surface area contributed by atoms with Gasteiger partial charge in [0.2, 0.25) is 0 Å². The number of hydrogen-bond acceptors (Lipinski definition) is 3. The second-order valence-corrected chi connectivity index (χ2v) is 3.93. The molecule has 0 aromatic rings. The molecule has 0 radical (unpaired) electrons. The van der Waals surface area contributed by atoms with Crippen LogP contribution in [-0.2, 0) is 9.53 Å². The highest BCUT2D eigenvalue weighted by molar-refractivity contribution is 5.80. The summed E-state index contributed by atoms with van der Waals surface area (Å²) in [5.41, 5.74) is 0.842. The molecule has 0 bridgehead atoms. The van der Waals surface area contributed by atoms with Gasteiger partial charge in [0.1, 0.15) is 0 Å². The Hall–Kier alpha value is -0.870. The lowest BCUT2D eigenvalue weighted by Gasteiger charge is -2.09. The van der Waals surface area contributed by atoms with E-state index in [1.165, 1.54) is 12.5 Å². The summed E-state index contributed by atoms with van der Waals surface area (Å²) in [6.07, 6.45) is 4.98. The highest BCUT2D eigenvalue weighted by Crippen LogP contribution is 2.14. The van der Waals surface area contributed by atoms with Crippen molar-refractivity contribution in [2.24, 2.45) is 0 Å². The molecule has 0 aromatic heterocycles. The maximum absolute atomic E-state index is 10.3. The quantitative estimate of drug-likeness (QED) is 0.514. The average Bonchev–Trinajstić information content (AvgIpc) is 2.63. The van der Waals surface area contributed by atoms with Crippen LogP contribution < -0.4 is 5.32 Å². The van der Waals surface area contributed by atoms with Crippen LogP contribution in [0.25, 0.3) is 0 Å². The second kappa shape index (κ2) is 6.58. The first-order chi connectivity index (χ1) is 7.18. The van der Waals surface area contributed by atoms with Crippen LogP contribution in [0.1, 0.15) is 26.2 Å². The summed E-state index contributed by atoms with van der Waals surface area (Å²) in [7, 11) is 0. The molecule has 1 rings (SSSR count). The van der Waals surface area contributed by atoms with Crippen molar-refractivity contribution in [3.05, 3.63) is 11.6 Å². The second-order valence-electron chi connectivity index (χ2n) is 3.93. The van der Waals surface area contributed by atoms with Crippen LogP contribution in [0.15, 0.2) is 11.6 Å². The molecule has 1 fully saturated rings. The van der Waals surface area contributed by atoms with Gasteiger partial charge in [0.15, 0.2) is 0 Å². The SMILES string of the molecule is CC(=CC(=O)O)CNCCC1CCCO1. The molecule has 4 heteroatoms. The fourth-order valence-electron chi connectivity index (χ4n) is 1.68. The zero-order valence-electron chi connectivity index (χ0n) is 9.16. The predicted octanol–water partition coefficient (Wildman–Crippen LogP) is 1.18. The van der Waals surface area contributed by atoms with Crippen molar-refractivity contribution < 1.29 is 14.6 Å². The summed E-state index contributed by atoms with van der Waals surface area (Å²) in [5.74, 6) is -0.881. The van der Waals surface area contributed by atoms with E-state index in [9.17, 15) is 4.79 Å². The van der Waals surface area contributed by atoms with E-state index >= 15 is 0 Å². The Morgan fingerprint density at radius 2 is 2.47 bits per heavy atom. The zero-order valence-corrected chi connectivity index (χ0v) is 9.16. The maximum atomic E-state index is 10.3. The standard InChI is InChI=1S/C11H19NO3/c1-9(7-11(13)14)8-12-5-4-10-3-2-6-15-10/h7,10,12H,2-6,8H2,1H3,(H,13,14). The fourth-order valence-corrected chi connectivity index (χ4v) is 1.68. The topological polar surface area (TPSA) is 58.6 Å². The van der Waals surface area contributed by atoms with E-state index in [1.54, 1.807) is 0 Å². The molecule has 0 spiro atoms. The summed E-state index contributed by atoms with van der Waals surface area (Å²) < 4.78 is 5.48. The third kappa shape index (κ3) is 5.54. The Kier molecular flexibility index (Phi) is 5.36. The van der Waals surface area contributed by atoms with Gasteiger partial charge in [-0.2, -0.15) is 0 Å². The van der Waals surface area contributed by atoms with Gasteiger partial charge in [0, 0.05) is 19.2 Å². The van der Waals surface area contributed by atoms with Crippen molar-refractivity contribution in [3.63, 3.8) is 0 Å². The first-order valence-electron chi connectivity index (χ1n) is 5.41. The molecule has 0 aromatic carbocycles. The zero-order chi connectivity index (χ0) is 11.1. The van der Waals surface area contributed by atoms with Crippen molar-refractivity contribution in [1.29, 1.82) is 0 Å². The Morgan fingerprint density at radius 3 is 3.07 bits per heavy atom. The Morgan fingerprint density at radius 1 is 1.67 bits per heavy atom. The lowest BCUT2D eigenvalue weighted by Crippen LogP contribution is -2.22. The molecule has 15 heavy (non-hydrogen) atoms. The third-order valence-electron chi connectivity index (χ3n) is 2.44. The van der Waals surface area contributed by atoms with Gasteiger partial charge in [-0.05, 0) is 32.7 Å². The number of hydrogen-bond donors (Lipinski definition) is 2. The van der Waals surface area contributed by atoms with Gasteiger partial charge in [-0.25, -0.2) is 4.79 Å². The van der Waals surface area contributed by atoms with Gasteiger partial charge in [0.25, 0.3) is 0 Å². The van der Waals surface area contributed by atoms with Crippen molar-refractivity contribution in [1.82, 2.24) is 5.32 Å². The first kappa shape index (κ1) is 12.2. The first-order valence-corrected chi connectivity index (χ1v) is 5.41. The summed E-state index contributed by atoms with van der Waals surface area (Å²) in [4.78, 5) is 10.3. The van der Waals surface area contributed by atoms with Gasteiger partial charge in [0.05, 0.1) is 6.10 Å². The number of ether oxygens (including phenoxy) is 1. The Labute approximate surface area is 90.3 Å². The summed E-state index contributed by atoms with van der Waals surface area (Å²) in [6.45, 7) is 4.23. The van der Waals surface area contributed by atoms with Crippen molar-refractivity contribution in [3.8, 4) is 0 Å². The normalized spacial score (nSPS) is 21.9. The van der Waals surface area contributed by atoms with Crippen LogP contribution in [0, 0.1) is 0 Å². The minimum atomic E-state index is -0.881. The van der Waals surface area contributed by atoms with Gasteiger partial charge < -0.3 is 15.2 Å². The molecule has 0 aliphatic carbocycles. The minimum absolute atomic E-state index is 0.404. The molecule has 86 valence electrons. The minimum Gasteiger partial charge on any atom is -0.478 e. The molecule has 4 nitrogen and oxygen atoms in total. The van der Waals surface area contributed by atoms with Crippen LogP contribution in [-0.4, -0.2) is 36.9 Å².